The third-order valence-corrected chi connectivity index (χ3v) is 3.60. The summed E-state index contributed by atoms with van der Waals surface area (Å²) in [6.45, 7) is 10.1. The molecule has 0 aromatic carbocycles. The van der Waals surface area contributed by atoms with E-state index >= 15 is 0 Å². The molecule has 15 heavy (non-hydrogen) atoms. The highest BCUT2D eigenvalue weighted by Crippen LogP contribution is 2.28. The average Bonchev–Trinajstić information content (AvgIpc) is 2.13. The molecule has 0 aliphatic heterocycles. The summed E-state index contributed by atoms with van der Waals surface area (Å²) in [5, 5.41) is 0. The lowest BCUT2D eigenvalue weighted by Crippen LogP contribution is -2.37. The molecule has 6 heteroatoms. The van der Waals surface area contributed by atoms with E-state index in [9.17, 15) is 0 Å². The SMILES string of the molecule is COC(C)POC(C)(C)[B]C(C)OPC. The van der Waals surface area contributed by atoms with E-state index < -0.39 is 0 Å². The summed E-state index contributed by atoms with van der Waals surface area (Å²) in [5.74, 6) is 0.155. The molecule has 0 rings (SSSR count). The Hall–Kier alpha value is 0.805. The second-order valence-electron chi connectivity index (χ2n) is 3.90. The van der Waals surface area contributed by atoms with Gasteiger partial charge in [0, 0.05) is 36.2 Å². The number of hydrogen-bond donors (Lipinski definition) is 0. The Morgan fingerprint density at radius 1 is 1.27 bits per heavy atom. The summed E-state index contributed by atoms with van der Waals surface area (Å²) in [4.78, 5) is 0. The molecule has 4 unspecified atom stereocenters. The van der Waals surface area contributed by atoms with Gasteiger partial charge >= 0.3 is 0 Å². The van der Waals surface area contributed by atoms with Gasteiger partial charge in [-0.15, -0.1) is 0 Å². The Bertz CT molecular complexity index is 169. The van der Waals surface area contributed by atoms with Gasteiger partial charge in [0.25, 0.3) is 0 Å². The van der Waals surface area contributed by atoms with Crippen LogP contribution in [-0.2, 0) is 13.8 Å². The average molecular weight is 251 g/mol. The molecule has 0 amide bonds. The van der Waals surface area contributed by atoms with Crippen LogP contribution in [-0.4, -0.2) is 38.4 Å². The molecule has 0 heterocycles. The zero-order valence-corrected chi connectivity index (χ0v) is 12.5. The molecule has 0 aromatic heterocycles. The standard InChI is InChI=1S/C9H22BO3P2/c1-7(12-14-6)10-9(3,4)13-15-8(2)11-5/h7-8,14-15H,1-6H3. The summed E-state index contributed by atoms with van der Waals surface area (Å²) in [6, 6.07) is 0.131. The molecule has 4 atom stereocenters. The van der Waals surface area contributed by atoms with Crippen molar-refractivity contribution in [1.82, 2.24) is 0 Å². The van der Waals surface area contributed by atoms with Gasteiger partial charge in [0.2, 0.25) is 0 Å². The minimum Gasteiger partial charge on any atom is -0.375 e. The maximum Gasteiger partial charge on any atom is 0.192 e. The van der Waals surface area contributed by atoms with Gasteiger partial charge in [0.1, 0.15) is 0 Å². The van der Waals surface area contributed by atoms with E-state index in [2.05, 4.69) is 7.28 Å². The van der Waals surface area contributed by atoms with Crippen molar-refractivity contribution < 1.29 is 13.8 Å². The number of methoxy groups -OCH3 is 1. The summed E-state index contributed by atoms with van der Waals surface area (Å²) < 4.78 is 16.4. The predicted octanol–water partition coefficient (Wildman–Crippen LogP) is 2.62. The van der Waals surface area contributed by atoms with Gasteiger partial charge in [-0.05, 0) is 34.4 Å². The van der Waals surface area contributed by atoms with Gasteiger partial charge < -0.3 is 13.8 Å². The van der Waals surface area contributed by atoms with E-state index in [-0.39, 0.29) is 17.3 Å². The lowest BCUT2D eigenvalue weighted by Gasteiger charge is -2.28. The highest BCUT2D eigenvalue weighted by atomic mass is 31.1. The van der Waals surface area contributed by atoms with Gasteiger partial charge in [-0.2, -0.15) is 0 Å². The molecule has 89 valence electrons. The van der Waals surface area contributed by atoms with Crippen molar-refractivity contribution >= 4 is 24.9 Å². The van der Waals surface area contributed by atoms with Gasteiger partial charge in [0.15, 0.2) is 7.28 Å². The fourth-order valence-corrected chi connectivity index (χ4v) is 2.18. The molecule has 0 spiro atoms. The van der Waals surface area contributed by atoms with Gasteiger partial charge in [0.05, 0.1) is 5.85 Å². The quantitative estimate of drug-likeness (QED) is 0.490. The van der Waals surface area contributed by atoms with Gasteiger partial charge in [-0.1, -0.05) is 0 Å². The van der Waals surface area contributed by atoms with E-state index in [4.69, 9.17) is 13.8 Å². The Labute approximate surface area is 98.0 Å². The van der Waals surface area contributed by atoms with E-state index in [0.29, 0.717) is 17.6 Å². The van der Waals surface area contributed by atoms with Crippen molar-refractivity contribution in [2.75, 3.05) is 13.8 Å². The molecular weight excluding hydrogens is 229 g/mol. The van der Waals surface area contributed by atoms with Crippen molar-refractivity contribution in [2.45, 2.75) is 45.0 Å². The Balaban J connectivity index is 3.84. The minimum atomic E-state index is -0.260. The smallest absolute Gasteiger partial charge is 0.192 e. The zero-order valence-electron chi connectivity index (χ0n) is 10.5. The van der Waals surface area contributed by atoms with Crippen molar-refractivity contribution in [1.29, 1.82) is 0 Å². The van der Waals surface area contributed by atoms with E-state index in [1.54, 1.807) is 7.11 Å². The second kappa shape index (κ2) is 7.98. The van der Waals surface area contributed by atoms with Crippen LogP contribution >= 0.6 is 17.6 Å². The van der Waals surface area contributed by atoms with Crippen LogP contribution in [0.15, 0.2) is 0 Å². The third kappa shape index (κ3) is 8.60. The predicted molar refractivity (Wildman–Crippen MR) is 70.5 cm³/mol. The fourth-order valence-electron chi connectivity index (χ4n) is 1.10. The first-order chi connectivity index (χ1) is 6.91. The molecule has 0 saturated heterocycles. The molecule has 0 saturated carbocycles. The van der Waals surface area contributed by atoms with Crippen molar-refractivity contribution in [2.24, 2.45) is 0 Å². The Kier molecular flexibility index (Phi) is 8.41. The van der Waals surface area contributed by atoms with Crippen molar-refractivity contribution in [3.8, 4) is 0 Å². The van der Waals surface area contributed by atoms with Crippen LogP contribution in [0.2, 0.25) is 0 Å². The van der Waals surface area contributed by atoms with Crippen LogP contribution in [0.4, 0.5) is 0 Å². The summed E-state index contributed by atoms with van der Waals surface area (Å²) in [6.07, 6.45) is 0. The van der Waals surface area contributed by atoms with Crippen LogP contribution in [0.5, 0.6) is 0 Å². The molecule has 3 nitrogen and oxygen atoms in total. The third-order valence-electron chi connectivity index (χ3n) is 1.78. The normalized spacial score (nSPS) is 17.7. The molecular formula is C9H22BO3P2. The fraction of sp³-hybridized carbons (Fsp3) is 1.00. The van der Waals surface area contributed by atoms with Gasteiger partial charge in [-0.25, -0.2) is 0 Å². The molecule has 0 fully saturated rings. The molecule has 0 bridgehead atoms. The second-order valence-corrected chi connectivity index (χ2v) is 5.79. The highest BCUT2D eigenvalue weighted by Gasteiger charge is 2.24. The first kappa shape index (κ1) is 15.8. The number of rotatable bonds is 8. The zero-order chi connectivity index (χ0) is 11.9. The Morgan fingerprint density at radius 3 is 2.33 bits per heavy atom. The van der Waals surface area contributed by atoms with E-state index in [0.717, 1.165) is 0 Å². The lowest BCUT2D eigenvalue weighted by molar-refractivity contribution is 0.153. The van der Waals surface area contributed by atoms with Crippen LogP contribution in [0.3, 0.4) is 0 Å². The molecule has 0 aliphatic rings. The molecule has 0 aromatic rings. The lowest BCUT2D eigenvalue weighted by atomic mass is 9.58. The maximum atomic E-state index is 5.77. The van der Waals surface area contributed by atoms with Crippen LogP contribution in [0, 0.1) is 0 Å². The summed E-state index contributed by atoms with van der Waals surface area (Å²) in [5.41, 5.74) is -0.260. The summed E-state index contributed by atoms with van der Waals surface area (Å²) in [7, 11) is 4.64. The highest BCUT2D eigenvalue weighted by molar-refractivity contribution is 7.33. The first-order valence-corrected chi connectivity index (χ1v) is 7.45. The number of ether oxygens (including phenoxy) is 1. The van der Waals surface area contributed by atoms with Crippen molar-refractivity contribution in [3.05, 3.63) is 0 Å². The monoisotopic (exact) mass is 251 g/mol. The molecule has 0 N–H and O–H groups in total. The minimum absolute atomic E-state index is 0.131. The van der Waals surface area contributed by atoms with E-state index in [1.165, 1.54) is 0 Å². The van der Waals surface area contributed by atoms with Gasteiger partial charge in [-0.3, -0.25) is 0 Å². The van der Waals surface area contributed by atoms with Crippen LogP contribution in [0.1, 0.15) is 27.7 Å². The largest absolute Gasteiger partial charge is 0.375 e. The van der Waals surface area contributed by atoms with E-state index in [1.807, 2.05) is 34.4 Å². The van der Waals surface area contributed by atoms with Crippen molar-refractivity contribution in [3.63, 3.8) is 0 Å². The topological polar surface area (TPSA) is 27.7 Å². The molecule has 1 radical (unpaired) electrons. The maximum absolute atomic E-state index is 5.77. The summed E-state index contributed by atoms with van der Waals surface area (Å²) >= 11 is 0. The molecule has 0 aliphatic carbocycles. The van der Waals surface area contributed by atoms with Crippen LogP contribution < -0.4 is 0 Å². The first-order valence-electron chi connectivity index (χ1n) is 5.06. The van der Waals surface area contributed by atoms with Crippen LogP contribution in [0.25, 0.3) is 0 Å². The number of hydrogen-bond acceptors (Lipinski definition) is 3. The Morgan fingerprint density at radius 2 is 1.87 bits per heavy atom.